The predicted octanol–water partition coefficient (Wildman–Crippen LogP) is 7.52. The van der Waals surface area contributed by atoms with Gasteiger partial charge in [0.05, 0.1) is 6.61 Å². The Hall–Kier alpha value is -1.73. The molecule has 7 heteroatoms. The van der Waals surface area contributed by atoms with Gasteiger partial charge in [0.25, 0.3) is 0 Å². The summed E-state index contributed by atoms with van der Waals surface area (Å²) in [5.74, 6) is -1.06. The van der Waals surface area contributed by atoms with Crippen molar-refractivity contribution in [3.8, 4) is 0 Å². The van der Waals surface area contributed by atoms with E-state index in [0.29, 0.717) is 19.4 Å². The quantitative estimate of drug-likeness (QED) is 0.125. The van der Waals surface area contributed by atoms with Gasteiger partial charge in [-0.05, 0) is 20.3 Å². The summed E-state index contributed by atoms with van der Waals surface area (Å²) in [6, 6.07) is 0. The molecule has 0 aliphatic carbocycles. The van der Waals surface area contributed by atoms with Gasteiger partial charge in [0.1, 0.15) is 11.9 Å². The first-order valence-corrected chi connectivity index (χ1v) is 16.1. The van der Waals surface area contributed by atoms with Crippen molar-refractivity contribution >= 4 is 17.6 Å². The molecule has 1 rings (SSSR count). The molecule has 1 saturated heterocycles. The summed E-state index contributed by atoms with van der Waals surface area (Å²) in [6.45, 7) is 10.3. The molecule has 232 valence electrons. The number of Topliss-reactive ketones (excluding diaryl/α,β-unsaturated/α-hetero) is 1. The van der Waals surface area contributed by atoms with Crippen molar-refractivity contribution in [3.63, 3.8) is 0 Å². The number of ketones is 1. The van der Waals surface area contributed by atoms with Crippen molar-refractivity contribution < 1.29 is 23.9 Å². The van der Waals surface area contributed by atoms with E-state index in [1.54, 1.807) is 19.9 Å². The molecule has 0 aromatic rings. The van der Waals surface area contributed by atoms with Gasteiger partial charge in [0, 0.05) is 37.4 Å². The van der Waals surface area contributed by atoms with Crippen LogP contribution in [0.15, 0.2) is 12.3 Å². The zero-order valence-corrected chi connectivity index (χ0v) is 26.4. The molecule has 2 amide bonds. The van der Waals surface area contributed by atoms with Gasteiger partial charge >= 0.3 is 0 Å². The number of hydrogen-bond donors (Lipinski definition) is 2. The van der Waals surface area contributed by atoms with Gasteiger partial charge in [0.15, 0.2) is 5.79 Å². The summed E-state index contributed by atoms with van der Waals surface area (Å²) < 4.78 is 11.5. The summed E-state index contributed by atoms with van der Waals surface area (Å²) in [6.07, 6.45) is 23.4. The van der Waals surface area contributed by atoms with Gasteiger partial charge in [-0.1, -0.05) is 117 Å². The largest absolute Gasteiger partial charge is 0.353 e. The van der Waals surface area contributed by atoms with Crippen molar-refractivity contribution in [3.05, 3.63) is 12.3 Å². The van der Waals surface area contributed by atoms with E-state index in [1.807, 2.05) is 13.8 Å². The first-order valence-electron chi connectivity index (χ1n) is 16.1. The lowest BCUT2D eigenvalue weighted by atomic mass is 9.85. The van der Waals surface area contributed by atoms with Crippen LogP contribution in [0, 0.1) is 5.41 Å². The standard InChI is InChI=1S/C33H60N2O5/c1-6-7-8-9-10-11-12-13-14-15-16-17-18-19-20-22-28(36)23-21-25-34-29(37)24-26-35-31(38)30-32(2,3)27-39-33(4,5)40-30/h21,25,30H,6-20,22-24,26-27H2,1-5H3,(H,34,37)(H,35,38). The number of ether oxygens (including phenoxy) is 2. The Morgan fingerprint density at radius 3 is 1.85 bits per heavy atom. The Bertz CT molecular complexity index is 747. The average Bonchev–Trinajstić information content (AvgIpc) is 2.90. The first kappa shape index (κ1) is 36.3. The molecule has 2 N–H and O–H groups in total. The Labute approximate surface area is 245 Å². The molecule has 0 aromatic heterocycles. The van der Waals surface area contributed by atoms with Gasteiger partial charge in [-0.15, -0.1) is 0 Å². The molecule has 1 atom stereocenters. The molecule has 40 heavy (non-hydrogen) atoms. The number of nitrogens with one attached hydrogen (secondary N) is 2. The highest BCUT2D eigenvalue weighted by Gasteiger charge is 2.45. The second kappa shape index (κ2) is 21.0. The van der Waals surface area contributed by atoms with E-state index >= 15 is 0 Å². The van der Waals surface area contributed by atoms with Crippen LogP contribution < -0.4 is 10.6 Å². The number of allylic oxidation sites excluding steroid dienone is 1. The van der Waals surface area contributed by atoms with Gasteiger partial charge in [0.2, 0.25) is 11.8 Å². The van der Waals surface area contributed by atoms with Gasteiger partial charge < -0.3 is 20.1 Å². The fourth-order valence-electron chi connectivity index (χ4n) is 4.92. The van der Waals surface area contributed by atoms with Gasteiger partial charge in [-0.3, -0.25) is 14.4 Å². The Kier molecular flexibility index (Phi) is 19.1. The normalized spacial score (nSPS) is 18.1. The monoisotopic (exact) mass is 564 g/mol. The van der Waals surface area contributed by atoms with Crippen LogP contribution in [0.25, 0.3) is 0 Å². The smallest absolute Gasteiger partial charge is 0.249 e. The highest BCUT2D eigenvalue weighted by molar-refractivity contribution is 5.83. The number of carbonyl (C=O) groups excluding carboxylic acids is 3. The number of amides is 2. The molecular weight excluding hydrogens is 504 g/mol. The minimum Gasteiger partial charge on any atom is -0.353 e. The van der Waals surface area contributed by atoms with E-state index in [-0.39, 0.29) is 30.6 Å². The van der Waals surface area contributed by atoms with E-state index in [1.165, 1.54) is 89.7 Å². The molecule has 0 saturated carbocycles. The molecule has 1 aliphatic heterocycles. The summed E-state index contributed by atoms with van der Waals surface area (Å²) in [4.78, 5) is 36.7. The highest BCUT2D eigenvalue weighted by Crippen LogP contribution is 2.34. The van der Waals surface area contributed by atoms with E-state index in [0.717, 1.165) is 12.8 Å². The van der Waals surface area contributed by atoms with Crippen LogP contribution in [-0.2, 0) is 23.9 Å². The molecular formula is C33H60N2O5. The van der Waals surface area contributed by atoms with Crippen molar-refractivity contribution in [2.45, 2.75) is 162 Å². The molecule has 1 aliphatic rings. The second-order valence-electron chi connectivity index (χ2n) is 12.6. The lowest BCUT2D eigenvalue weighted by Gasteiger charge is -2.44. The average molecular weight is 565 g/mol. The molecule has 7 nitrogen and oxygen atoms in total. The third kappa shape index (κ3) is 17.9. The number of unbranched alkanes of at least 4 members (excludes halogenated alkanes) is 14. The summed E-state index contributed by atoms with van der Waals surface area (Å²) >= 11 is 0. The lowest BCUT2D eigenvalue weighted by Crippen LogP contribution is -2.56. The van der Waals surface area contributed by atoms with E-state index in [4.69, 9.17) is 9.47 Å². The minimum atomic E-state index is -0.816. The minimum absolute atomic E-state index is 0.149. The van der Waals surface area contributed by atoms with Crippen LogP contribution >= 0.6 is 0 Å². The maximum atomic E-state index is 12.6. The topological polar surface area (TPSA) is 93.7 Å². The van der Waals surface area contributed by atoms with Crippen LogP contribution in [0.2, 0.25) is 0 Å². The first-order chi connectivity index (χ1) is 19.1. The van der Waals surface area contributed by atoms with Crippen molar-refractivity contribution in [2.75, 3.05) is 13.2 Å². The maximum Gasteiger partial charge on any atom is 0.249 e. The van der Waals surface area contributed by atoms with Crippen molar-refractivity contribution in [2.24, 2.45) is 5.41 Å². The molecule has 0 aromatic carbocycles. The van der Waals surface area contributed by atoms with E-state index < -0.39 is 17.3 Å². The van der Waals surface area contributed by atoms with Crippen LogP contribution in [0.3, 0.4) is 0 Å². The van der Waals surface area contributed by atoms with Crippen LogP contribution in [0.4, 0.5) is 0 Å². The third-order valence-corrected chi connectivity index (χ3v) is 7.56. The molecule has 0 bridgehead atoms. The third-order valence-electron chi connectivity index (χ3n) is 7.56. The zero-order chi connectivity index (χ0) is 29.7. The Morgan fingerprint density at radius 2 is 1.30 bits per heavy atom. The molecule has 1 fully saturated rings. The Morgan fingerprint density at radius 1 is 0.775 bits per heavy atom. The number of rotatable bonds is 23. The fourth-order valence-corrected chi connectivity index (χ4v) is 4.92. The van der Waals surface area contributed by atoms with Crippen molar-refractivity contribution in [1.29, 1.82) is 0 Å². The SMILES string of the molecule is CCCCCCCCCCCCCCCCCC(=O)CC=CNC(=O)CCNC(=O)C1OC(C)(C)OCC1(C)C. The fraction of sp³-hybridized carbons (Fsp3) is 0.848. The highest BCUT2D eigenvalue weighted by atomic mass is 16.7. The number of carbonyl (C=O) groups is 3. The molecule has 1 heterocycles. The maximum absolute atomic E-state index is 12.6. The van der Waals surface area contributed by atoms with E-state index in [9.17, 15) is 14.4 Å². The summed E-state index contributed by atoms with van der Waals surface area (Å²) in [7, 11) is 0. The number of hydrogen-bond acceptors (Lipinski definition) is 5. The second-order valence-corrected chi connectivity index (χ2v) is 12.6. The lowest BCUT2D eigenvalue weighted by molar-refractivity contribution is -0.304. The van der Waals surface area contributed by atoms with E-state index in [2.05, 4.69) is 17.6 Å². The van der Waals surface area contributed by atoms with Crippen LogP contribution in [0.1, 0.15) is 150 Å². The van der Waals surface area contributed by atoms with Crippen LogP contribution in [0.5, 0.6) is 0 Å². The van der Waals surface area contributed by atoms with Crippen molar-refractivity contribution in [1.82, 2.24) is 10.6 Å². The van der Waals surface area contributed by atoms with Gasteiger partial charge in [-0.25, -0.2) is 0 Å². The molecule has 0 spiro atoms. The molecule has 0 radical (unpaired) electrons. The molecule has 1 unspecified atom stereocenters. The van der Waals surface area contributed by atoms with Crippen LogP contribution in [-0.4, -0.2) is 42.6 Å². The predicted molar refractivity (Wildman–Crippen MR) is 163 cm³/mol. The zero-order valence-electron chi connectivity index (χ0n) is 26.4. The van der Waals surface area contributed by atoms with Gasteiger partial charge in [-0.2, -0.15) is 0 Å². The summed E-state index contributed by atoms with van der Waals surface area (Å²) in [5.41, 5.74) is -0.455. The Balaban J connectivity index is 1.97. The summed E-state index contributed by atoms with van der Waals surface area (Å²) in [5, 5.41) is 5.46.